The molecule has 0 radical (unpaired) electrons. The van der Waals surface area contributed by atoms with Crippen molar-refractivity contribution in [1.29, 1.82) is 0 Å². The smallest absolute Gasteiger partial charge is 0.0587 e. The molecule has 1 saturated carbocycles. The average Bonchev–Trinajstić information content (AvgIpc) is 2.76. The predicted octanol–water partition coefficient (Wildman–Crippen LogP) is 4.74. The summed E-state index contributed by atoms with van der Waals surface area (Å²) in [5, 5.41) is 3.58. The number of benzene rings is 1. The molecular weight excluding hydrogens is 326 g/mol. The van der Waals surface area contributed by atoms with Crippen LogP contribution in [-0.4, -0.2) is 26.8 Å². The molecule has 1 aliphatic rings. The van der Waals surface area contributed by atoms with Crippen molar-refractivity contribution >= 4 is 15.9 Å². The summed E-state index contributed by atoms with van der Waals surface area (Å²) in [6.07, 6.45) is 8.38. The largest absolute Gasteiger partial charge is 0.383 e. The molecular formula is C18H28BrNO. The van der Waals surface area contributed by atoms with Gasteiger partial charge in [0.2, 0.25) is 0 Å². The maximum Gasteiger partial charge on any atom is 0.0587 e. The van der Waals surface area contributed by atoms with Crippen molar-refractivity contribution in [3.05, 3.63) is 34.3 Å². The molecule has 1 unspecified atom stereocenters. The van der Waals surface area contributed by atoms with Gasteiger partial charge in [0, 0.05) is 24.7 Å². The molecule has 1 aromatic carbocycles. The maximum atomic E-state index is 5.14. The average molecular weight is 354 g/mol. The molecule has 0 saturated heterocycles. The lowest BCUT2D eigenvalue weighted by molar-refractivity contribution is 0.197. The summed E-state index contributed by atoms with van der Waals surface area (Å²) in [7, 11) is 1.76. The molecule has 0 aliphatic heterocycles. The highest BCUT2D eigenvalue weighted by molar-refractivity contribution is 9.10. The summed E-state index contributed by atoms with van der Waals surface area (Å²) in [5.41, 5.74) is 1.47. The number of halogens is 1. The summed E-state index contributed by atoms with van der Waals surface area (Å²) in [4.78, 5) is 0. The molecule has 118 valence electrons. The van der Waals surface area contributed by atoms with E-state index in [4.69, 9.17) is 4.74 Å². The van der Waals surface area contributed by atoms with Crippen molar-refractivity contribution in [2.45, 2.75) is 44.4 Å². The van der Waals surface area contributed by atoms with Crippen LogP contribution in [0, 0.1) is 5.92 Å². The zero-order valence-corrected chi connectivity index (χ0v) is 14.7. The van der Waals surface area contributed by atoms with E-state index in [2.05, 4.69) is 45.5 Å². The van der Waals surface area contributed by atoms with Crippen LogP contribution in [0.5, 0.6) is 0 Å². The van der Waals surface area contributed by atoms with Crippen LogP contribution in [0.15, 0.2) is 28.7 Å². The fourth-order valence-corrected chi connectivity index (χ4v) is 3.86. The number of methoxy groups -OCH3 is 1. The fourth-order valence-electron chi connectivity index (χ4n) is 3.44. The van der Waals surface area contributed by atoms with E-state index in [-0.39, 0.29) is 0 Å². The molecule has 21 heavy (non-hydrogen) atoms. The molecule has 1 fully saturated rings. The van der Waals surface area contributed by atoms with Gasteiger partial charge >= 0.3 is 0 Å². The van der Waals surface area contributed by atoms with E-state index in [0.717, 1.165) is 25.6 Å². The predicted molar refractivity (Wildman–Crippen MR) is 92.8 cm³/mol. The van der Waals surface area contributed by atoms with Gasteiger partial charge in [-0.3, -0.25) is 0 Å². The van der Waals surface area contributed by atoms with E-state index in [1.807, 2.05) is 0 Å². The third-order valence-corrected chi connectivity index (χ3v) is 5.09. The Morgan fingerprint density at radius 3 is 2.67 bits per heavy atom. The third-order valence-electron chi connectivity index (χ3n) is 4.59. The Hall–Kier alpha value is -0.380. The normalized spacial score (nSPS) is 18.4. The minimum Gasteiger partial charge on any atom is -0.383 e. The highest BCUT2D eigenvalue weighted by Gasteiger charge is 2.24. The Morgan fingerprint density at radius 2 is 2.00 bits per heavy atom. The van der Waals surface area contributed by atoms with Crippen LogP contribution >= 0.6 is 15.9 Å². The Morgan fingerprint density at radius 1 is 1.24 bits per heavy atom. The van der Waals surface area contributed by atoms with Gasteiger partial charge in [0.15, 0.2) is 0 Å². The van der Waals surface area contributed by atoms with Gasteiger partial charge in [0.05, 0.1) is 6.61 Å². The minimum absolute atomic E-state index is 0.623. The zero-order valence-electron chi connectivity index (χ0n) is 13.1. The van der Waals surface area contributed by atoms with E-state index >= 15 is 0 Å². The maximum absolute atomic E-state index is 5.14. The SMILES string of the molecule is COCCNCC(c1cccc(Br)c1)C1CCCCCC1. The zero-order chi connectivity index (χ0) is 14.9. The highest BCUT2D eigenvalue weighted by Crippen LogP contribution is 2.35. The Balaban J connectivity index is 2.05. The summed E-state index contributed by atoms with van der Waals surface area (Å²) < 4.78 is 6.33. The lowest BCUT2D eigenvalue weighted by atomic mass is 9.81. The molecule has 2 nitrogen and oxygen atoms in total. The van der Waals surface area contributed by atoms with Crippen molar-refractivity contribution in [2.75, 3.05) is 26.8 Å². The van der Waals surface area contributed by atoms with Crippen LogP contribution in [-0.2, 0) is 4.74 Å². The van der Waals surface area contributed by atoms with Crippen LogP contribution in [0.4, 0.5) is 0 Å². The second-order valence-corrected chi connectivity index (χ2v) is 7.03. The monoisotopic (exact) mass is 353 g/mol. The lowest BCUT2D eigenvalue weighted by Gasteiger charge is -2.27. The van der Waals surface area contributed by atoms with Gasteiger partial charge in [-0.05, 0) is 42.4 Å². The molecule has 1 aliphatic carbocycles. The van der Waals surface area contributed by atoms with Gasteiger partial charge in [0.25, 0.3) is 0 Å². The van der Waals surface area contributed by atoms with Gasteiger partial charge in [-0.15, -0.1) is 0 Å². The molecule has 0 bridgehead atoms. The van der Waals surface area contributed by atoms with Crippen molar-refractivity contribution in [2.24, 2.45) is 5.92 Å². The van der Waals surface area contributed by atoms with Crippen LogP contribution in [0.25, 0.3) is 0 Å². The van der Waals surface area contributed by atoms with Gasteiger partial charge < -0.3 is 10.1 Å². The number of rotatable bonds is 7. The number of nitrogens with one attached hydrogen (secondary N) is 1. The first kappa shape index (κ1) is 17.0. The van der Waals surface area contributed by atoms with E-state index < -0.39 is 0 Å². The topological polar surface area (TPSA) is 21.3 Å². The van der Waals surface area contributed by atoms with Crippen LogP contribution in [0.3, 0.4) is 0 Å². The third kappa shape index (κ3) is 5.72. The van der Waals surface area contributed by atoms with Gasteiger partial charge in [-0.25, -0.2) is 0 Å². The molecule has 1 aromatic rings. The molecule has 0 amide bonds. The molecule has 0 spiro atoms. The lowest BCUT2D eigenvalue weighted by Crippen LogP contribution is -2.29. The summed E-state index contributed by atoms with van der Waals surface area (Å²) in [6, 6.07) is 8.87. The van der Waals surface area contributed by atoms with Crippen LogP contribution < -0.4 is 5.32 Å². The number of hydrogen-bond donors (Lipinski definition) is 1. The molecule has 3 heteroatoms. The van der Waals surface area contributed by atoms with Crippen molar-refractivity contribution in [3.8, 4) is 0 Å². The van der Waals surface area contributed by atoms with Crippen LogP contribution in [0.1, 0.15) is 50.0 Å². The fraction of sp³-hybridized carbons (Fsp3) is 0.667. The minimum atomic E-state index is 0.623. The van der Waals surface area contributed by atoms with Crippen LogP contribution in [0.2, 0.25) is 0 Å². The first-order valence-corrected chi connectivity index (χ1v) is 9.05. The molecule has 1 N–H and O–H groups in total. The van der Waals surface area contributed by atoms with Gasteiger partial charge in [-0.2, -0.15) is 0 Å². The number of ether oxygens (including phenoxy) is 1. The molecule has 0 aromatic heterocycles. The standard InChI is InChI=1S/C18H28BrNO/c1-21-12-11-20-14-18(15-7-4-2-3-5-8-15)16-9-6-10-17(19)13-16/h6,9-10,13,15,18,20H,2-5,7-8,11-12,14H2,1H3. The van der Waals surface area contributed by atoms with Crippen molar-refractivity contribution in [3.63, 3.8) is 0 Å². The van der Waals surface area contributed by atoms with Crippen molar-refractivity contribution < 1.29 is 4.74 Å². The Bertz CT molecular complexity index is 402. The first-order valence-electron chi connectivity index (χ1n) is 8.26. The molecule has 0 heterocycles. The van der Waals surface area contributed by atoms with E-state index in [1.165, 1.54) is 48.6 Å². The summed E-state index contributed by atoms with van der Waals surface area (Å²) in [6.45, 7) is 2.79. The highest BCUT2D eigenvalue weighted by atomic mass is 79.9. The van der Waals surface area contributed by atoms with Crippen molar-refractivity contribution in [1.82, 2.24) is 5.32 Å². The summed E-state index contributed by atoms with van der Waals surface area (Å²) in [5.74, 6) is 1.44. The van der Waals surface area contributed by atoms with Gasteiger partial charge in [-0.1, -0.05) is 53.7 Å². The Kier molecular flexibility index (Phi) is 7.76. The van der Waals surface area contributed by atoms with Gasteiger partial charge in [0.1, 0.15) is 0 Å². The summed E-state index contributed by atoms with van der Waals surface area (Å²) >= 11 is 3.62. The van der Waals surface area contributed by atoms with E-state index in [9.17, 15) is 0 Å². The van der Waals surface area contributed by atoms with E-state index in [0.29, 0.717) is 5.92 Å². The van der Waals surface area contributed by atoms with E-state index in [1.54, 1.807) is 7.11 Å². The molecule has 2 rings (SSSR count). The second-order valence-electron chi connectivity index (χ2n) is 6.11. The Labute approximate surface area is 137 Å². The number of hydrogen-bond acceptors (Lipinski definition) is 2. The quantitative estimate of drug-likeness (QED) is 0.564. The first-order chi connectivity index (χ1) is 10.3. The molecule has 1 atom stereocenters. The second kappa shape index (κ2) is 9.60.